The summed E-state index contributed by atoms with van der Waals surface area (Å²) < 4.78 is 0. The second-order valence-corrected chi connectivity index (χ2v) is 5.80. The van der Waals surface area contributed by atoms with Crippen LogP contribution < -0.4 is 9.80 Å². The van der Waals surface area contributed by atoms with Crippen molar-refractivity contribution < 1.29 is 9.69 Å². The average Bonchev–Trinajstić information content (AvgIpc) is 2.47. The molecule has 0 spiro atoms. The van der Waals surface area contributed by atoms with Gasteiger partial charge in [-0.15, -0.1) is 0 Å². The van der Waals surface area contributed by atoms with E-state index in [0.29, 0.717) is 6.42 Å². The fourth-order valence-corrected chi connectivity index (χ4v) is 3.22. The fourth-order valence-electron chi connectivity index (χ4n) is 3.22. The zero-order valence-corrected chi connectivity index (χ0v) is 12.4. The largest absolute Gasteiger partial charge is 0.332 e. The second kappa shape index (κ2) is 5.48. The van der Waals surface area contributed by atoms with Gasteiger partial charge >= 0.3 is 0 Å². The van der Waals surface area contributed by atoms with Crippen molar-refractivity contribution in [2.45, 2.75) is 33.1 Å². The van der Waals surface area contributed by atoms with Gasteiger partial charge in [-0.25, -0.2) is 9.97 Å². The molecule has 5 heteroatoms. The van der Waals surface area contributed by atoms with E-state index in [-0.39, 0.29) is 5.78 Å². The van der Waals surface area contributed by atoms with E-state index in [1.807, 2.05) is 6.92 Å². The molecule has 0 bridgehead atoms. The molecule has 20 heavy (non-hydrogen) atoms. The predicted molar refractivity (Wildman–Crippen MR) is 77.5 cm³/mol. The van der Waals surface area contributed by atoms with Crippen molar-refractivity contribution in [3.8, 4) is 0 Å². The highest BCUT2D eigenvalue weighted by atomic mass is 16.1. The van der Waals surface area contributed by atoms with E-state index in [0.717, 1.165) is 61.9 Å². The van der Waals surface area contributed by atoms with Gasteiger partial charge in [0.15, 0.2) is 5.78 Å². The normalized spacial score (nSPS) is 20.1. The smallest absolute Gasteiger partial charge is 0.226 e. The van der Waals surface area contributed by atoms with E-state index in [9.17, 15) is 4.79 Å². The molecule has 5 nitrogen and oxygen atoms in total. The molecule has 1 saturated heterocycles. The minimum absolute atomic E-state index is 0.218. The number of nitrogens with one attached hydrogen (secondary N) is 1. The molecule has 1 aromatic heterocycles. The number of aromatic nitrogens is 2. The number of likely N-dealkylation sites (N-methyl/N-ethyl adjacent to an activating group) is 1. The lowest BCUT2D eigenvalue weighted by Gasteiger charge is -2.32. The third kappa shape index (κ3) is 2.42. The van der Waals surface area contributed by atoms with Crippen LogP contribution in [0.25, 0.3) is 0 Å². The van der Waals surface area contributed by atoms with E-state index in [1.54, 1.807) is 4.90 Å². The molecule has 0 amide bonds. The van der Waals surface area contributed by atoms with Gasteiger partial charge in [-0.1, -0.05) is 0 Å². The Kier molecular flexibility index (Phi) is 3.70. The summed E-state index contributed by atoms with van der Waals surface area (Å²) in [4.78, 5) is 25.2. The molecular weight excluding hydrogens is 252 g/mol. The highest BCUT2D eigenvalue weighted by molar-refractivity contribution is 5.99. The number of hydrogen-bond acceptors (Lipinski definition) is 4. The molecule has 1 aliphatic heterocycles. The molecule has 3 rings (SSSR count). The monoisotopic (exact) mass is 275 g/mol. The summed E-state index contributed by atoms with van der Waals surface area (Å²) in [6.45, 7) is 9.68. The van der Waals surface area contributed by atoms with Crippen molar-refractivity contribution in [3.63, 3.8) is 0 Å². The summed E-state index contributed by atoms with van der Waals surface area (Å²) in [7, 11) is 0. The van der Waals surface area contributed by atoms with Gasteiger partial charge in [-0.2, -0.15) is 0 Å². The van der Waals surface area contributed by atoms with Gasteiger partial charge in [0.05, 0.1) is 49.7 Å². The summed E-state index contributed by atoms with van der Waals surface area (Å²) in [5.74, 6) is 1.04. The third-order valence-corrected chi connectivity index (χ3v) is 4.50. The molecule has 0 atom stereocenters. The predicted octanol–water partition coefficient (Wildman–Crippen LogP) is 0.0288. The number of anilines is 1. The minimum Gasteiger partial charge on any atom is -0.332 e. The average molecular weight is 275 g/mol. The Morgan fingerprint density at radius 2 is 1.95 bits per heavy atom. The molecule has 1 aromatic rings. The fraction of sp³-hybridized carbons (Fsp3) is 0.667. The van der Waals surface area contributed by atoms with Crippen molar-refractivity contribution in [1.29, 1.82) is 0 Å². The van der Waals surface area contributed by atoms with Crippen LogP contribution in [0.3, 0.4) is 0 Å². The van der Waals surface area contributed by atoms with E-state index in [4.69, 9.17) is 0 Å². The first-order valence-electron chi connectivity index (χ1n) is 7.68. The summed E-state index contributed by atoms with van der Waals surface area (Å²) >= 11 is 0. The number of ketones is 1. The van der Waals surface area contributed by atoms with Gasteiger partial charge in [0.1, 0.15) is 0 Å². The van der Waals surface area contributed by atoms with E-state index < -0.39 is 0 Å². The Morgan fingerprint density at radius 3 is 2.65 bits per heavy atom. The van der Waals surface area contributed by atoms with Crippen LogP contribution in [0.4, 0.5) is 5.95 Å². The number of quaternary nitrogens is 1. The Balaban J connectivity index is 1.85. The van der Waals surface area contributed by atoms with E-state index in [2.05, 4.69) is 21.8 Å². The molecule has 0 saturated carbocycles. The number of rotatable bonds is 2. The Bertz CT molecular complexity index is 521. The van der Waals surface area contributed by atoms with E-state index in [1.165, 1.54) is 6.54 Å². The van der Waals surface area contributed by atoms with Crippen molar-refractivity contribution in [3.05, 3.63) is 17.0 Å². The minimum atomic E-state index is 0.218. The highest BCUT2D eigenvalue weighted by Crippen LogP contribution is 2.24. The zero-order valence-electron chi connectivity index (χ0n) is 12.4. The molecule has 1 N–H and O–H groups in total. The van der Waals surface area contributed by atoms with Gasteiger partial charge in [-0.05, 0) is 26.7 Å². The summed E-state index contributed by atoms with van der Waals surface area (Å²) in [5, 5.41) is 0. The SMILES string of the molecule is CC[NH+]1CCN(c2nc(C)c3c(n2)CCCC3=O)CC1. The Morgan fingerprint density at radius 1 is 1.20 bits per heavy atom. The quantitative estimate of drug-likeness (QED) is 0.827. The van der Waals surface area contributed by atoms with Crippen LogP contribution in [-0.2, 0) is 6.42 Å². The topological polar surface area (TPSA) is 50.5 Å². The second-order valence-electron chi connectivity index (χ2n) is 5.80. The van der Waals surface area contributed by atoms with Gasteiger partial charge in [0.25, 0.3) is 0 Å². The lowest BCUT2D eigenvalue weighted by molar-refractivity contribution is -0.898. The van der Waals surface area contributed by atoms with Crippen LogP contribution in [0.15, 0.2) is 0 Å². The number of carbonyl (C=O) groups is 1. The Labute approximate surface area is 120 Å². The number of piperazine rings is 1. The molecule has 0 radical (unpaired) electrons. The summed E-state index contributed by atoms with van der Waals surface area (Å²) in [6, 6.07) is 0. The summed E-state index contributed by atoms with van der Waals surface area (Å²) in [5.41, 5.74) is 2.62. The van der Waals surface area contributed by atoms with Crippen LogP contribution >= 0.6 is 0 Å². The molecule has 0 unspecified atom stereocenters. The number of Topliss-reactive ketones (excluding diaryl/α,β-unsaturated/α-hetero) is 1. The maximum atomic E-state index is 12.0. The van der Waals surface area contributed by atoms with Gasteiger partial charge in [0, 0.05) is 6.42 Å². The summed E-state index contributed by atoms with van der Waals surface area (Å²) in [6.07, 6.45) is 2.49. The first-order valence-corrected chi connectivity index (χ1v) is 7.68. The highest BCUT2D eigenvalue weighted by Gasteiger charge is 2.26. The zero-order chi connectivity index (χ0) is 14.1. The molecular formula is C15H23N4O+. The van der Waals surface area contributed by atoms with Crippen molar-refractivity contribution in [1.82, 2.24) is 9.97 Å². The molecule has 0 aromatic carbocycles. The van der Waals surface area contributed by atoms with Crippen LogP contribution in [0.2, 0.25) is 0 Å². The molecule has 1 fully saturated rings. The Hall–Kier alpha value is -1.49. The molecule has 1 aliphatic carbocycles. The van der Waals surface area contributed by atoms with Crippen LogP contribution in [0.1, 0.15) is 41.5 Å². The number of aryl methyl sites for hydroxylation is 2. The first-order chi connectivity index (χ1) is 9.69. The van der Waals surface area contributed by atoms with Crippen molar-refractivity contribution in [2.24, 2.45) is 0 Å². The number of hydrogen-bond donors (Lipinski definition) is 1. The number of nitrogens with zero attached hydrogens (tertiary/aromatic N) is 3. The third-order valence-electron chi connectivity index (χ3n) is 4.50. The number of fused-ring (bicyclic) bond motifs is 1. The molecule has 108 valence electrons. The van der Waals surface area contributed by atoms with Crippen LogP contribution in [0.5, 0.6) is 0 Å². The van der Waals surface area contributed by atoms with E-state index >= 15 is 0 Å². The maximum absolute atomic E-state index is 12.0. The van der Waals surface area contributed by atoms with Gasteiger partial charge < -0.3 is 9.80 Å². The number of carbonyl (C=O) groups excluding carboxylic acids is 1. The van der Waals surface area contributed by atoms with Crippen LogP contribution in [0, 0.1) is 6.92 Å². The maximum Gasteiger partial charge on any atom is 0.226 e. The van der Waals surface area contributed by atoms with Crippen LogP contribution in [-0.4, -0.2) is 48.5 Å². The standard InChI is InChI=1S/C15H22N4O/c1-3-18-7-9-19(10-8-18)15-16-11(2)14-12(17-15)5-4-6-13(14)20/h3-10H2,1-2H3/p+1. The van der Waals surface area contributed by atoms with Gasteiger partial charge in [0.2, 0.25) is 5.95 Å². The first kappa shape index (κ1) is 13.5. The van der Waals surface area contributed by atoms with Gasteiger partial charge in [-0.3, -0.25) is 4.79 Å². The lowest BCUT2D eigenvalue weighted by atomic mass is 9.94. The molecule has 2 heterocycles. The van der Waals surface area contributed by atoms with Crippen molar-refractivity contribution in [2.75, 3.05) is 37.6 Å². The van der Waals surface area contributed by atoms with Crippen molar-refractivity contribution >= 4 is 11.7 Å². The lowest BCUT2D eigenvalue weighted by Crippen LogP contribution is -3.14. The molecule has 2 aliphatic rings.